The summed E-state index contributed by atoms with van der Waals surface area (Å²) in [5.74, 6) is 1.21. The van der Waals surface area contributed by atoms with Crippen molar-refractivity contribution in [1.82, 2.24) is 4.90 Å². The molecule has 0 aromatic heterocycles. The predicted octanol–water partition coefficient (Wildman–Crippen LogP) is 6.68. The van der Waals surface area contributed by atoms with E-state index in [2.05, 4.69) is 101 Å². The molecule has 3 aliphatic rings. The molecule has 1 aliphatic heterocycles. The molecule has 1 heterocycles. The maximum Gasteiger partial charge on any atom is 0.174 e. The second-order valence-electron chi connectivity index (χ2n) is 11.7. The van der Waals surface area contributed by atoms with E-state index >= 15 is 0 Å². The van der Waals surface area contributed by atoms with Crippen LogP contribution in [0.25, 0.3) is 10.8 Å². The van der Waals surface area contributed by atoms with Crippen molar-refractivity contribution in [3.8, 4) is 0 Å². The lowest BCUT2D eigenvalue weighted by Crippen LogP contribution is -2.37. The lowest BCUT2D eigenvalue weighted by atomic mass is 9.71. The largest absolute Gasteiger partial charge is 0.370 e. The predicted molar refractivity (Wildman–Crippen MR) is 156 cm³/mol. The van der Waals surface area contributed by atoms with E-state index in [-0.39, 0.29) is 5.78 Å². The number of hydrogen-bond donors (Lipinski definition) is 0. The molecule has 4 aromatic carbocycles. The summed E-state index contributed by atoms with van der Waals surface area (Å²) >= 11 is 0. The molecule has 4 aromatic rings. The molecule has 3 nitrogen and oxygen atoms in total. The number of Topliss-reactive ketones (excluding diaryl/α,β-unsaturated/α-hetero) is 1. The number of rotatable bonds is 7. The fraction of sp³-hybridized carbons (Fsp3) is 0.343. The number of carbonyl (C=O) groups is 1. The molecule has 0 radical (unpaired) electrons. The number of nitrogens with zero attached hydrogens (tertiary/aromatic N) is 2. The van der Waals surface area contributed by atoms with Crippen LogP contribution in [0.15, 0.2) is 91.0 Å². The first-order chi connectivity index (χ1) is 18.7. The molecule has 192 valence electrons. The minimum absolute atomic E-state index is 0.273. The maximum atomic E-state index is 14.5. The summed E-state index contributed by atoms with van der Waals surface area (Å²) in [7, 11) is 0. The number of anilines is 1. The normalized spacial score (nSPS) is 19.2. The van der Waals surface area contributed by atoms with Gasteiger partial charge in [-0.25, -0.2) is 0 Å². The molecular formula is C35H36N2O. The van der Waals surface area contributed by atoms with Crippen molar-refractivity contribution in [1.29, 1.82) is 0 Å². The Morgan fingerprint density at radius 1 is 0.711 bits per heavy atom. The zero-order valence-electron chi connectivity index (χ0n) is 22.1. The molecule has 3 heteroatoms. The molecule has 1 saturated heterocycles. The summed E-state index contributed by atoms with van der Waals surface area (Å²) in [4.78, 5) is 19.7. The van der Waals surface area contributed by atoms with Crippen LogP contribution < -0.4 is 4.90 Å². The van der Waals surface area contributed by atoms with Crippen molar-refractivity contribution in [2.75, 3.05) is 37.6 Å². The molecular weight excluding hydrogens is 464 g/mol. The quantitative estimate of drug-likeness (QED) is 0.283. The van der Waals surface area contributed by atoms with Crippen LogP contribution in [0.3, 0.4) is 0 Å². The number of ketones is 1. The third-order valence-corrected chi connectivity index (χ3v) is 9.05. The second kappa shape index (κ2) is 9.71. The van der Waals surface area contributed by atoms with Crippen LogP contribution in [0.2, 0.25) is 0 Å². The highest BCUT2D eigenvalue weighted by Gasteiger charge is 2.47. The SMILES string of the molecule is O=C1c2cccc3c(N4CCCN(CC5CC5)CC4)ccc(c23)C1(Cc1ccccc1)Cc1ccccc1. The highest BCUT2D eigenvalue weighted by Crippen LogP contribution is 2.48. The second-order valence-corrected chi connectivity index (χ2v) is 11.7. The van der Waals surface area contributed by atoms with Gasteiger partial charge in [0.25, 0.3) is 0 Å². The molecule has 1 saturated carbocycles. The van der Waals surface area contributed by atoms with Crippen LogP contribution in [0.5, 0.6) is 0 Å². The summed E-state index contributed by atoms with van der Waals surface area (Å²) < 4.78 is 0. The van der Waals surface area contributed by atoms with Crippen LogP contribution in [-0.4, -0.2) is 43.4 Å². The Kier molecular flexibility index (Phi) is 6.05. The van der Waals surface area contributed by atoms with Gasteiger partial charge in [-0.2, -0.15) is 0 Å². The van der Waals surface area contributed by atoms with E-state index in [0.29, 0.717) is 12.8 Å². The topological polar surface area (TPSA) is 23.6 Å². The van der Waals surface area contributed by atoms with Gasteiger partial charge in [0.05, 0.1) is 5.41 Å². The Morgan fingerprint density at radius 3 is 2.11 bits per heavy atom. The molecule has 2 aliphatic carbocycles. The lowest BCUT2D eigenvalue weighted by Gasteiger charge is -2.31. The zero-order valence-corrected chi connectivity index (χ0v) is 22.1. The first-order valence-electron chi connectivity index (χ1n) is 14.4. The number of benzene rings is 4. The molecule has 0 bridgehead atoms. The molecule has 0 N–H and O–H groups in total. The van der Waals surface area contributed by atoms with Crippen molar-refractivity contribution in [2.24, 2.45) is 5.92 Å². The van der Waals surface area contributed by atoms with Crippen molar-refractivity contribution in [3.05, 3.63) is 113 Å². The molecule has 0 atom stereocenters. The van der Waals surface area contributed by atoms with Gasteiger partial charge in [0.1, 0.15) is 0 Å². The minimum Gasteiger partial charge on any atom is -0.370 e. The van der Waals surface area contributed by atoms with E-state index in [1.807, 2.05) is 0 Å². The Hall–Kier alpha value is -3.43. The van der Waals surface area contributed by atoms with Gasteiger partial charge in [0, 0.05) is 42.8 Å². The van der Waals surface area contributed by atoms with Crippen LogP contribution >= 0.6 is 0 Å². The summed E-state index contributed by atoms with van der Waals surface area (Å²) in [6.45, 7) is 5.73. The average Bonchev–Trinajstić information content (AvgIpc) is 3.77. The molecule has 0 spiro atoms. The fourth-order valence-electron chi connectivity index (χ4n) is 7.00. The first-order valence-corrected chi connectivity index (χ1v) is 14.4. The minimum atomic E-state index is -0.594. The van der Waals surface area contributed by atoms with Gasteiger partial charge in [-0.15, -0.1) is 0 Å². The van der Waals surface area contributed by atoms with E-state index < -0.39 is 5.41 Å². The van der Waals surface area contributed by atoms with E-state index in [9.17, 15) is 4.79 Å². The van der Waals surface area contributed by atoms with Crippen molar-refractivity contribution >= 4 is 22.2 Å². The van der Waals surface area contributed by atoms with Gasteiger partial charge in [0.2, 0.25) is 0 Å². The van der Waals surface area contributed by atoms with E-state index in [0.717, 1.165) is 31.1 Å². The fourth-order valence-corrected chi connectivity index (χ4v) is 7.00. The molecule has 0 amide bonds. The van der Waals surface area contributed by atoms with Gasteiger partial charge < -0.3 is 9.80 Å². The average molecular weight is 501 g/mol. The van der Waals surface area contributed by atoms with Crippen molar-refractivity contribution in [2.45, 2.75) is 37.5 Å². The summed E-state index contributed by atoms with van der Waals surface area (Å²) in [5, 5.41) is 2.42. The number of hydrogen-bond acceptors (Lipinski definition) is 3. The third kappa shape index (κ3) is 4.23. The maximum absolute atomic E-state index is 14.5. The van der Waals surface area contributed by atoms with Crippen LogP contribution in [-0.2, 0) is 18.3 Å². The highest BCUT2D eigenvalue weighted by molar-refractivity contribution is 6.22. The summed E-state index contributed by atoms with van der Waals surface area (Å²) in [6, 6.07) is 32.1. The molecule has 2 fully saturated rings. The van der Waals surface area contributed by atoms with Gasteiger partial charge in [-0.1, -0.05) is 84.9 Å². The van der Waals surface area contributed by atoms with Crippen LogP contribution in [0.1, 0.15) is 46.3 Å². The Morgan fingerprint density at radius 2 is 1.42 bits per heavy atom. The standard InChI is InChI=1S/C35H36N2O/c38-34-30-14-7-13-29-32(37-20-8-19-36(21-22-37)25-28-15-16-28)18-17-31(33(29)30)35(34,23-26-9-3-1-4-10-26)24-27-11-5-2-6-12-27/h1-7,9-14,17-18,28H,8,15-16,19-25H2. The van der Waals surface area contributed by atoms with Gasteiger partial charge in [-0.3, -0.25) is 4.79 Å². The molecule has 0 unspecified atom stereocenters. The molecule has 7 rings (SSSR count). The highest BCUT2D eigenvalue weighted by atomic mass is 16.1. The summed E-state index contributed by atoms with van der Waals surface area (Å²) in [5.41, 5.74) is 5.23. The Labute approximate surface area is 226 Å². The lowest BCUT2D eigenvalue weighted by molar-refractivity contribution is 0.0892. The third-order valence-electron chi connectivity index (χ3n) is 9.05. The van der Waals surface area contributed by atoms with E-state index in [1.165, 1.54) is 65.5 Å². The summed E-state index contributed by atoms with van der Waals surface area (Å²) in [6.07, 6.45) is 5.45. The number of carbonyl (C=O) groups excluding carboxylic acids is 1. The van der Waals surface area contributed by atoms with E-state index in [4.69, 9.17) is 0 Å². The van der Waals surface area contributed by atoms with Crippen LogP contribution in [0.4, 0.5) is 5.69 Å². The van der Waals surface area contributed by atoms with Crippen molar-refractivity contribution in [3.63, 3.8) is 0 Å². The first kappa shape index (κ1) is 23.7. The molecule has 38 heavy (non-hydrogen) atoms. The van der Waals surface area contributed by atoms with Crippen molar-refractivity contribution < 1.29 is 4.79 Å². The van der Waals surface area contributed by atoms with Gasteiger partial charge in [-0.05, 0) is 72.7 Å². The Balaban J connectivity index is 1.31. The monoisotopic (exact) mass is 500 g/mol. The van der Waals surface area contributed by atoms with Gasteiger partial charge >= 0.3 is 0 Å². The zero-order chi connectivity index (χ0) is 25.5. The van der Waals surface area contributed by atoms with Crippen LogP contribution in [0, 0.1) is 5.92 Å². The van der Waals surface area contributed by atoms with E-state index in [1.54, 1.807) is 0 Å². The Bertz CT molecular complexity index is 1420. The van der Waals surface area contributed by atoms with Gasteiger partial charge in [0.15, 0.2) is 5.78 Å². The smallest absolute Gasteiger partial charge is 0.174 e.